The molecule has 0 amide bonds. The Hall–Kier alpha value is -1.88. The molecule has 5 heteroatoms. The second-order valence-electron chi connectivity index (χ2n) is 3.81. The predicted octanol–water partition coefficient (Wildman–Crippen LogP) is 0.952. The van der Waals surface area contributed by atoms with Crippen LogP contribution in [0.4, 0.5) is 0 Å². The molecule has 1 rings (SSSR count). The Morgan fingerprint density at radius 2 is 1.88 bits per heavy atom. The molecule has 0 spiro atoms. The van der Waals surface area contributed by atoms with E-state index in [9.17, 15) is 9.59 Å². The van der Waals surface area contributed by atoms with Crippen LogP contribution < -0.4 is 5.73 Å². The first-order valence-corrected chi connectivity index (χ1v) is 4.64. The molecule has 0 saturated carbocycles. The predicted molar refractivity (Wildman–Crippen MR) is 57.3 cm³/mol. The van der Waals surface area contributed by atoms with E-state index >= 15 is 0 Å². The number of rotatable bonds is 3. The van der Waals surface area contributed by atoms with Crippen molar-refractivity contribution in [2.24, 2.45) is 5.73 Å². The highest BCUT2D eigenvalue weighted by Crippen LogP contribution is 2.26. The summed E-state index contributed by atoms with van der Waals surface area (Å²) in [6, 6.07) is 4.54. The van der Waals surface area contributed by atoms with E-state index < -0.39 is 17.5 Å². The second kappa shape index (κ2) is 3.94. The number of nitrogens with two attached hydrogens (primary N) is 1. The molecule has 0 saturated heterocycles. The molecule has 0 aliphatic rings. The van der Waals surface area contributed by atoms with E-state index in [1.54, 1.807) is 19.1 Å². The lowest BCUT2D eigenvalue weighted by atomic mass is 9.85. The van der Waals surface area contributed by atoms with Crippen LogP contribution in [0.1, 0.15) is 28.4 Å². The molecule has 0 aromatic heterocycles. The lowest BCUT2D eigenvalue weighted by Crippen LogP contribution is -2.43. The van der Waals surface area contributed by atoms with E-state index in [2.05, 4.69) is 0 Å². The number of aryl methyl sites for hydroxylation is 1. The van der Waals surface area contributed by atoms with E-state index in [-0.39, 0.29) is 11.1 Å². The molecule has 0 radical (unpaired) electrons. The molecule has 4 N–H and O–H groups in total. The van der Waals surface area contributed by atoms with Crippen molar-refractivity contribution in [2.45, 2.75) is 19.4 Å². The Morgan fingerprint density at radius 1 is 1.31 bits per heavy atom. The van der Waals surface area contributed by atoms with Gasteiger partial charge in [-0.1, -0.05) is 12.1 Å². The Morgan fingerprint density at radius 3 is 2.31 bits per heavy atom. The van der Waals surface area contributed by atoms with Crippen molar-refractivity contribution in [3.8, 4) is 0 Å². The fourth-order valence-electron chi connectivity index (χ4n) is 1.64. The zero-order valence-corrected chi connectivity index (χ0v) is 9.02. The number of carbonyl (C=O) groups is 2. The zero-order valence-electron chi connectivity index (χ0n) is 9.02. The number of benzene rings is 1. The van der Waals surface area contributed by atoms with Gasteiger partial charge < -0.3 is 15.9 Å². The van der Waals surface area contributed by atoms with Crippen LogP contribution in [0.3, 0.4) is 0 Å². The number of aromatic carboxylic acids is 1. The van der Waals surface area contributed by atoms with Crippen molar-refractivity contribution in [3.05, 3.63) is 34.9 Å². The van der Waals surface area contributed by atoms with Crippen molar-refractivity contribution >= 4 is 11.9 Å². The summed E-state index contributed by atoms with van der Waals surface area (Å²) >= 11 is 0. The smallest absolute Gasteiger partial charge is 0.336 e. The Labute approximate surface area is 92.5 Å². The lowest BCUT2D eigenvalue weighted by Gasteiger charge is -2.23. The average Bonchev–Trinajstić information content (AvgIpc) is 2.16. The number of aliphatic carboxylic acids is 1. The van der Waals surface area contributed by atoms with Gasteiger partial charge in [0, 0.05) is 5.56 Å². The van der Waals surface area contributed by atoms with Gasteiger partial charge in [0.25, 0.3) is 0 Å². The van der Waals surface area contributed by atoms with Gasteiger partial charge in [-0.05, 0) is 25.5 Å². The van der Waals surface area contributed by atoms with Crippen molar-refractivity contribution in [3.63, 3.8) is 0 Å². The first-order chi connectivity index (χ1) is 7.28. The highest BCUT2D eigenvalue weighted by molar-refractivity contribution is 5.93. The first kappa shape index (κ1) is 12.2. The molecule has 5 nitrogen and oxygen atoms in total. The van der Waals surface area contributed by atoms with E-state index in [4.69, 9.17) is 15.9 Å². The summed E-state index contributed by atoms with van der Waals surface area (Å²) in [4.78, 5) is 22.0. The van der Waals surface area contributed by atoms with Crippen LogP contribution in [0.5, 0.6) is 0 Å². The van der Waals surface area contributed by atoms with Crippen LogP contribution in [0.15, 0.2) is 18.2 Å². The van der Waals surface area contributed by atoms with Gasteiger partial charge in [-0.2, -0.15) is 0 Å². The summed E-state index contributed by atoms with van der Waals surface area (Å²) in [5.74, 6) is -2.44. The highest BCUT2D eigenvalue weighted by atomic mass is 16.4. The maximum absolute atomic E-state index is 11.0. The van der Waals surface area contributed by atoms with Crippen LogP contribution >= 0.6 is 0 Å². The third kappa shape index (κ3) is 1.90. The minimum Gasteiger partial charge on any atom is -0.480 e. The molecule has 1 unspecified atom stereocenters. The third-order valence-electron chi connectivity index (χ3n) is 2.47. The summed E-state index contributed by atoms with van der Waals surface area (Å²) in [5.41, 5.74) is 4.55. The molecular formula is C11H13NO4. The average molecular weight is 223 g/mol. The van der Waals surface area contributed by atoms with Crippen LogP contribution in [0.25, 0.3) is 0 Å². The molecule has 0 heterocycles. The summed E-state index contributed by atoms with van der Waals surface area (Å²) in [6.07, 6.45) is 0. The van der Waals surface area contributed by atoms with Gasteiger partial charge in [-0.3, -0.25) is 0 Å². The van der Waals surface area contributed by atoms with Crippen LogP contribution in [0, 0.1) is 6.92 Å². The van der Waals surface area contributed by atoms with Crippen LogP contribution in [0.2, 0.25) is 0 Å². The number of carboxylic acids is 2. The van der Waals surface area contributed by atoms with Gasteiger partial charge in [0.15, 0.2) is 0 Å². The van der Waals surface area contributed by atoms with Gasteiger partial charge >= 0.3 is 11.9 Å². The van der Waals surface area contributed by atoms with E-state index in [0.717, 1.165) is 0 Å². The van der Waals surface area contributed by atoms with Gasteiger partial charge in [-0.15, -0.1) is 0 Å². The summed E-state index contributed by atoms with van der Waals surface area (Å²) in [5, 5.41) is 18.0. The minimum absolute atomic E-state index is 0.0765. The molecular weight excluding hydrogens is 210 g/mol. The van der Waals surface area contributed by atoms with Gasteiger partial charge in [0.05, 0.1) is 5.56 Å². The highest BCUT2D eigenvalue weighted by Gasteiger charge is 2.35. The lowest BCUT2D eigenvalue weighted by molar-refractivity contribution is -0.143. The quantitative estimate of drug-likeness (QED) is 0.708. The zero-order chi connectivity index (χ0) is 12.5. The summed E-state index contributed by atoms with van der Waals surface area (Å²) < 4.78 is 0. The maximum atomic E-state index is 11.0. The third-order valence-corrected chi connectivity index (χ3v) is 2.47. The van der Waals surface area contributed by atoms with E-state index in [0.29, 0.717) is 5.56 Å². The summed E-state index contributed by atoms with van der Waals surface area (Å²) in [6.45, 7) is 2.92. The monoisotopic (exact) mass is 223 g/mol. The SMILES string of the molecule is Cc1cccc(C(=O)O)c1C(C)(N)C(=O)O. The largest absolute Gasteiger partial charge is 0.480 e. The maximum Gasteiger partial charge on any atom is 0.336 e. The van der Waals surface area contributed by atoms with Crippen LogP contribution in [-0.4, -0.2) is 22.2 Å². The Kier molecular flexibility index (Phi) is 3.00. The Balaban J connectivity index is 3.54. The number of carboxylic acid groups (broad SMARTS) is 2. The van der Waals surface area contributed by atoms with Crippen molar-refractivity contribution in [1.29, 1.82) is 0 Å². The standard InChI is InChI=1S/C11H13NO4/c1-6-4-3-5-7(9(13)14)8(6)11(2,12)10(15)16/h3-5H,12H2,1-2H3,(H,13,14)(H,15,16). The normalized spacial score (nSPS) is 14.2. The Bertz CT molecular complexity index is 451. The topological polar surface area (TPSA) is 101 Å². The minimum atomic E-state index is -1.71. The van der Waals surface area contributed by atoms with E-state index in [1.807, 2.05) is 0 Å². The molecule has 0 fully saturated rings. The molecule has 1 atom stereocenters. The molecule has 16 heavy (non-hydrogen) atoms. The molecule has 1 aromatic carbocycles. The van der Waals surface area contributed by atoms with Gasteiger partial charge in [-0.25, -0.2) is 9.59 Å². The van der Waals surface area contributed by atoms with Gasteiger partial charge in [0.2, 0.25) is 0 Å². The van der Waals surface area contributed by atoms with E-state index in [1.165, 1.54) is 13.0 Å². The molecule has 86 valence electrons. The molecule has 0 aliphatic carbocycles. The molecule has 0 bridgehead atoms. The van der Waals surface area contributed by atoms with Crippen molar-refractivity contribution in [1.82, 2.24) is 0 Å². The number of hydrogen-bond acceptors (Lipinski definition) is 3. The van der Waals surface area contributed by atoms with Crippen molar-refractivity contribution < 1.29 is 19.8 Å². The van der Waals surface area contributed by atoms with Crippen molar-refractivity contribution in [2.75, 3.05) is 0 Å². The number of hydrogen-bond donors (Lipinski definition) is 3. The molecule has 0 aliphatic heterocycles. The fraction of sp³-hybridized carbons (Fsp3) is 0.273. The second-order valence-corrected chi connectivity index (χ2v) is 3.81. The first-order valence-electron chi connectivity index (χ1n) is 4.64. The van der Waals surface area contributed by atoms with Crippen LogP contribution in [-0.2, 0) is 10.3 Å². The van der Waals surface area contributed by atoms with Gasteiger partial charge in [0.1, 0.15) is 5.54 Å². The summed E-state index contributed by atoms with van der Waals surface area (Å²) in [7, 11) is 0. The fourth-order valence-corrected chi connectivity index (χ4v) is 1.64. The molecule has 1 aromatic rings.